The molecule has 2 aromatic rings. The van der Waals surface area contributed by atoms with Crippen LogP contribution in [0.1, 0.15) is 28.4 Å². The molecular formula is C19H22N2O5S2. The molecule has 3 rings (SSSR count). The average Bonchev–Trinajstić information content (AvgIpc) is 2.78. The molecule has 0 bridgehead atoms. The quantitative estimate of drug-likeness (QED) is 0.810. The van der Waals surface area contributed by atoms with Crippen molar-refractivity contribution in [3.8, 4) is 0 Å². The molecule has 0 unspecified atom stereocenters. The van der Waals surface area contributed by atoms with E-state index >= 15 is 0 Å². The van der Waals surface area contributed by atoms with Crippen molar-refractivity contribution >= 4 is 32.2 Å². The maximum absolute atomic E-state index is 12.5. The maximum atomic E-state index is 12.5. The van der Waals surface area contributed by atoms with Gasteiger partial charge in [-0.05, 0) is 46.5 Å². The van der Waals surface area contributed by atoms with Gasteiger partial charge in [0.05, 0.1) is 9.79 Å². The Morgan fingerprint density at radius 1 is 0.714 bits per heavy atom. The number of aliphatic hydroxyl groups excluding tert-OH is 1. The number of fused-ring (bicyclic) bond motifs is 2. The van der Waals surface area contributed by atoms with Crippen LogP contribution >= 0.6 is 0 Å². The highest BCUT2D eigenvalue weighted by Gasteiger charge is 2.26. The van der Waals surface area contributed by atoms with Crippen molar-refractivity contribution in [2.45, 2.75) is 15.9 Å². The molecule has 0 saturated carbocycles. The van der Waals surface area contributed by atoms with Gasteiger partial charge in [0.1, 0.15) is 6.10 Å². The van der Waals surface area contributed by atoms with Crippen LogP contribution in [0.4, 0.5) is 0 Å². The fourth-order valence-corrected chi connectivity index (χ4v) is 4.85. The first-order valence-electron chi connectivity index (χ1n) is 8.45. The van der Waals surface area contributed by atoms with Crippen LogP contribution in [-0.2, 0) is 20.0 Å². The minimum Gasteiger partial charge on any atom is -0.384 e. The predicted octanol–water partition coefficient (Wildman–Crippen LogP) is 1.75. The Morgan fingerprint density at radius 2 is 1.07 bits per heavy atom. The average molecular weight is 423 g/mol. The van der Waals surface area contributed by atoms with Crippen molar-refractivity contribution < 1.29 is 21.9 Å². The van der Waals surface area contributed by atoms with Gasteiger partial charge in [-0.15, -0.1) is 0 Å². The lowest BCUT2D eigenvalue weighted by atomic mass is 9.97. The number of benzene rings is 2. The molecule has 0 aliphatic heterocycles. The minimum absolute atomic E-state index is 0.0595. The second-order valence-electron chi connectivity index (χ2n) is 6.89. The molecule has 1 aliphatic carbocycles. The van der Waals surface area contributed by atoms with Crippen molar-refractivity contribution in [2.75, 3.05) is 28.2 Å². The lowest BCUT2D eigenvalue weighted by molar-refractivity contribution is 0.219. The third kappa shape index (κ3) is 3.40. The van der Waals surface area contributed by atoms with Gasteiger partial charge < -0.3 is 5.11 Å². The molecular weight excluding hydrogens is 400 g/mol. The first kappa shape index (κ1) is 20.7. The second-order valence-corrected chi connectivity index (χ2v) is 11.2. The van der Waals surface area contributed by atoms with Crippen LogP contribution in [0, 0.1) is 0 Å². The Kier molecular flexibility index (Phi) is 5.24. The zero-order chi connectivity index (χ0) is 20.9. The highest BCUT2D eigenvalue weighted by Crippen LogP contribution is 2.35. The van der Waals surface area contributed by atoms with E-state index in [1.54, 1.807) is 24.3 Å². The van der Waals surface area contributed by atoms with E-state index in [1.165, 1.54) is 52.5 Å². The molecule has 1 N–H and O–H groups in total. The Hall–Kier alpha value is -2.04. The van der Waals surface area contributed by atoms with Gasteiger partial charge in [0, 0.05) is 28.2 Å². The largest absolute Gasteiger partial charge is 0.384 e. The summed E-state index contributed by atoms with van der Waals surface area (Å²) in [6.07, 6.45) is 2.38. The van der Waals surface area contributed by atoms with E-state index in [0.29, 0.717) is 22.3 Å². The van der Waals surface area contributed by atoms with Crippen LogP contribution in [0.25, 0.3) is 12.2 Å². The monoisotopic (exact) mass is 422 g/mol. The standard InChI is InChI=1S/C19H22N2O5S2/c1-20(2)27(23,24)15-9-7-13-5-6-14-8-10-16(28(25,26)21(3)4)12-18(14)19(22)17(13)11-15/h5-12,19,22H,1-4H3. The first-order chi connectivity index (χ1) is 13.0. The molecule has 1 aliphatic rings. The number of sulfonamides is 2. The summed E-state index contributed by atoms with van der Waals surface area (Å²) >= 11 is 0. The number of hydrogen-bond acceptors (Lipinski definition) is 5. The summed E-state index contributed by atoms with van der Waals surface area (Å²) in [7, 11) is -1.60. The molecule has 0 saturated heterocycles. The van der Waals surface area contributed by atoms with Crippen molar-refractivity contribution in [1.29, 1.82) is 0 Å². The van der Waals surface area contributed by atoms with E-state index in [0.717, 1.165) is 8.61 Å². The smallest absolute Gasteiger partial charge is 0.242 e. The summed E-state index contributed by atoms with van der Waals surface area (Å²) in [6.45, 7) is 0. The summed E-state index contributed by atoms with van der Waals surface area (Å²) in [5, 5.41) is 11.0. The van der Waals surface area contributed by atoms with Crippen molar-refractivity contribution in [3.63, 3.8) is 0 Å². The Labute approximate surface area is 165 Å². The zero-order valence-electron chi connectivity index (χ0n) is 16.0. The van der Waals surface area contributed by atoms with Crippen LogP contribution < -0.4 is 0 Å². The van der Waals surface area contributed by atoms with E-state index in [4.69, 9.17) is 0 Å². The summed E-state index contributed by atoms with van der Waals surface area (Å²) in [5.74, 6) is 0. The number of hydrogen-bond donors (Lipinski definition) is 1. The fraction of sp³-hybridized carbons (Fsp3) is 0.263. The van der Waals surface area contributed by atoms with Gasteiger partial charge in [-0.2, -0.15) is 0 Å². The maximum Gasteiger partial charge on any atom is 0.242 e. The van der Waals surface area contributed by atoms with Gasteiger partial charge in [-0.1, -0.05) is 24.3 Å². The molecule has 0 atom stereocenters. The van der Waals surface area contributed by atoms with Crippen molar-refractivity contribution in [3.05, 3.63) is 58.7 Å². The Morgan fingerprint density at radius 3 is 1.39 bits per heavy atom. The van der Waals surface area contributed by atoms with Gasteiger partial charge in [0.2, 0.25) is 20.0 Å². The number of aliphatic hydroxyl groups is 1. The molecule has 0 spiro atoms. The van der Waals surface area contributed by atoms with Crippen LogP contribution in [0.3, 0.4) is 0 Å². The predicted molar refractivity (Wildman–Crippen MR) is 108 cm³/mol. The molecule has 0 aromatic heterocycles. The minimum atomic E-state index is -3.67. The molecule has 0 amide bonds. The van der Waals surface area contributed by atoms with Crippen LogP contribution in [0.2, 0.25) is 0 Å². The van der Waals surface area contributed by atoms with Gasteiger partial charge in [0.25, 0.3) is 0 Å². The van der Waals surface area contributed by atoms with E-state index in [9.17, 15) is 21.9 Å². The van der Waals surface area contributed by atoms with Gasteiger partial charge in [-0.25, -0.2) is 25.4 Å². The van der Waals surface area contributed by atoms with Gasteiger partial charge in [0.15, 0.2) is 0 Å². The van der Waals surface area contributed by atoms with Crippen molar-refractivity contribution in [1.82, 2.24) is 8.61 Å². The molecule has 2 aromatic carbocycles. The summed E-state index contributed by atoms with van der Waals surface area (Å²) in [4.78, 5) is 0.119. The van der Waals surface area contributed by atoms with Gasteiger partial charge in [-0.3, -0.25) is 0 Å². The highest BCUT2D eigenvalue weighted by atomic mass is 32.2. The third-order valence-corrected chi connectivity index (χ3v) is 8.33. The third-order valence-electron chi connectivity index (χ3n) is 4.71. The Balaban J connectivity index is 2.18. The number of rotatable bonds is 4. The van der Waals surface area contributed by atoms with Crippen molar-refractivity contribution in [2.24, 2.45) is 0 Å². The Bertz CT molecular complexity index is 1080. The fourth-order valence-electron chi connectivity index (χ4n) is 2.97. The van der Waals surface area contributed by atoms with E-state index < -0.39 is 26.2 Å². The normalized spacial score (nSPS) is 14.8. The van der Waals surface area contributed by atoms with Crippen LogP contribution in [0.5, 0.6) is 0 Å². The van der Waals surface area contributed by atoms with Crippen LogP contribution in [0.15, 0.2) is 46.2 Å². The molecule has 9 heteroatoms. The van der Waals surface area contributed by atoms with E-state index in [-0.39, 0.29) is 9.79 Å². The molecule has 150 valence electrons. The summed E-state index contributed by atoms with van der Waals surface area (Å²) < 4.78 is 52.0. The van der Waals surface area contributed by atoms with Crippen LogP contribution in [-0.4, -0.2) is 58.7 Å². The molecule has 0 fully saturated rings. The first-order valence-corrected chi connectivity index (χ1v) is 11.3. The summed E-state index contributed by atoms with van der Waals surface area (Å²) in [5.41, 5.74) is 2.13. The number of nitrogens with zero attached hydrogens (tertiary/aromatic N) is 2. The SMILES string of the molecule is CN(C)S(=O)(=O)c1ccc2c(c1)C(O)c1cc(S(=O)(=O)N(C)C)ccc1C=C2. The topological polar surface area (TPSA) is 95.0 Å². The summed E-state index contributed by atoms with van der Waals surface area (Å²) in [6, 6.07) is 9.11. The zero-order valence-corrected chi connectivity index (χ0v) is 17.6. The molecule has 0 radical (unpaired) electrons. The highest BCUT2D eigenvalue weighted by molar-refractivity contribution is 7.89. The van der Waals surface area contributed by atoms with E-state index in [2.05, 4.69) is 0 Å². The lowest BCUT2D eigenvalue weighted by Crippen LogP contribution is -2.23. The molecule has 0 heterocycles. The van der Waals surface area contributed by atoms with Gasteiger partial charge >= 0.3 is 0 Å². The molecule has 7 nitrogen and oxygen atoms in total. The molecule has 28 heavy (non-hydrogen) atoms. The van der Waals surface area contributed by atoms with E-state index in [1.807, 2.05) is 0 Å². The lowest BCUT2D eigenvalue weighted by Gasteiger charge is -2.19. The second kappa shape index (κ2) is 7.09.